The van der Waals surface area contributed by atoms with Gasteiger partial charge in [-0.1, -0.05) is 22.0 Å². The number of nitrogens with one attached hydrogen (secondary N) is 1. The second-order valence-corrected chi connectivity index (χ2v) is 4.34. The molecular weight excluding hydrogens is 271 g/mol. The minimum absolute atomic E-state index is 0.0108. The Morgan fingerprint density at radius 1 is 1.56 bits per heavy atom. The van der Waals surface area contributed by atoms with Gasteiger partial charge in [0.15, 0.2) is 0 Å². The molecule has 0 aromatic heterocycles. The van der Waals surface area contributed by atoms with Gasteiger partial charge in [0.1, 0.15) is 5.82 Å². The van der Waals surface area contributed by atoms with Crippen LogP contribution in [0.2, 0.25) is 0 Å². The Morgan fingerprint density at radius 3 is 2.88 bits per heavy atom. The molecule has 1 aromatic rings. The van der Waals surface area contributed by atoms with E-state index in [1.165, 1.54) is 12.1 Å². The lowest BCUT2D eigenvalue weighted by Crippen LogP contribution is -2.28. The zero-order valence-electron chi connectivity index (χ0n) is 8.84. The number of benzene rings is 1. The minimum atomic E-state index is -0.268. The van der Waals surface area contributed by atoms with Crippen LogP contribution in [0.15, 0.2) is 22.7 Å². The molecule has 1 aromatic carbocycles. The molecule has 16 heavy (non-hydrogen) atoms. The highest BCUT2D eigenvalue weighted by Crippen LogP contribution is 2.27. The van der Waals surface area contributed by atoms with Gasteiger partial charge < -0.3 is 0 Å². The van der Waals surface area contributed by atoms with Gasteiger partial charge in [0, 0.05) is 16.9 Å². The molecule has 4 heteroatoms. The topological polar surface area (TPSA) is 38.0 Å². The average molecular weight is 285 g/mol. The Morgan fingerprint density at radius 2 is 2.31 bits per heavy atom. The highest BCUT2D eigenvalue weighted by molar-refractivity contribution is 9.10. The van der Waals surface area contributed by atoms with Crippen LogP contribution in [0.4, 0.5) is 4.39 Å². The summed E-state index contributed by atoms with van der Waals surface area (Å²) < 4.78 is 13.6. The predicted octanol–water partition coefficient (Wildman–Crippen LogP) is 2.90. The van der Waals surface area contributed by atoms with E-state index in [9.17, 15) is 4.39 Å². The molecule has 0 amide bonds. The molecule has 0 aliphatic carbocycles. The Labute approximate surface area is 104 Å². The van der Waals surface area contributed by atoms with Crippen LogP contribution in [0.25, 0.3) is 0 Å². The summed E-state index contributed by atoms with van der Waals surface area (Å²) in [6.45, 7) is 0. The molecule has 86 valence electrons. The van der Waals surface area contributed by atoms with Crippen LogP contribution in [-0.4, -0.2) is 0 Å². The van der Waals surface area contributed by atoms with Gasteiger partial charge in [0.25, 0.3) is 0 Å². The largest absolute Gasteiger partial charge is 0.271 e. The van der Waals surface area contributed by atoms with Crippen molar-refractivity contribution in [2.24, 2.45) is 5.84 Å². The van der Waals surface area contributed by atoms with E-state index in [4.69, 9.17) is 12.3 Å². The first-order valence-corrected chi connectivity index (χ1v) is 5.83. The molecule has 3 N–H and O–H groups in total. The maximum atomic E-state index is 12.9. The Bertz CT molecular complexity index is 387. The van der Waals surface area contributed by atoms with E-state index in [0.717, 1.165) is 29.3 Å². The molecule has 0 radical (unpaired) electrons. The van der Waals surface area contributed by atoms with Crippen LogP contribution < -0.4 is 11.3 Å². The van der Waals surface area contributed by atoms with E-state index in [0.29, 0.717) is 0 Å². The fourth-order valence-electron chi connectivity index (χ4n) is 1.52. The number of terminal acetylenes is 1. The number of hydrogen-bond donors (Lipinski definition) is 2. The first-order valence-electron chi connectivity index (χ1n) is 5.03. The normalized spacial score (nSPS) is 12.1. The summed E-state index contributed by atoms with van der Waals surface area (Å²) in [5.41, 5.74) is 3.66. The molecule has 1 rings (SSSR count). The molecule has 0 heterocycles. The van der Waals surface area contributed by atoms with Crippen molar-refractivity contribution < 1.29 is 4.39 Å². The van der Waals surface area contributed by atoms with Crippen LogP contribution in [-0.2, 0) is 0 Å². The molecule has 1 atom stereocenters. The van der Waals surface area contributed by atoms with E-state index in [1.807, 2.05) is 0 Å². The van der Waals surface area contributed by atoms with E-state index in [2.05, 4.69) is 27.3 Å². The Kier molecular flexibility index (Phi) is 5.47. The number of nitrogens with two attached hydrogens (primary N) is 1. The van der Waals surface area contributed by atoms with Crippen LogP contribution in [0.1, 0.15) is 30.9 Å². The zero-order valence-corrected chi connectivity index (χ0v) is 10.4. The summed E-state index contributed by atoms with van der Waals surface area (Å²) in [5.74, 6) is 7.79. The van der Waals surface area contributed by atoms with Gasteiger partial charge >= 0.3 is 0 Å². The highest BCUT2D eigenvalue weighted by atomic mass is 79.9. The SMILES string of the molecule is C#CCCCC(NN)c1ccc(F)cc1Br. The average Bonchev–Trinajstić information content (AvgIpc) is 2.26. The predicted molar refractivity (Wildman–Crippen MR) is 66.8 cm³/mol. The number of halogens is 2. The van der Waals surface area contributed by atoms with Gasteiger partial charge in [-0.15, -0.1) is 12.3 Å². The smallest absolute Gasteiger partial charge is 0.124 e. The number of hydrogen-bond acceptors (Lipinski definition) is 2. The lowest BCUT2D eigenvalue weighted by molar-refractivity contribution is 0.499. The summed E-state index contributed by atoms with van der Waals surface area (Å²) in [6.07, 6.45) is 7.61. The first kappa shape index (κ1) is 13.2. The maximum absolute atomic E-state index is 12.9. The van der Waals surface area contributed by atoms with E-state index < -0.39 is 0 Å². The summed E-state index contributed by atoms with van der Waals surface area (Å²) in [4.78, 5) is 0. The van der Waals surface area contributed by atoms with Crippen molar-refractivity contribution in [2.45, 2.75) is 25.3 Å². The van der Waals surface area contributed by atoms with Gasteiger partial charge in [-0.25, -0.2) is 4.39 Å². The second-order valence-electron chi connectivity index (χ2n) is 3.48. The molecule has 0 fully saturated rings. The van der Waals surface area contributed by atoms with Crippen molar-refractivity contribution in [3.63, 3.8) is 0 Å². The van der Waals surface area contributed by atoms with Gasteiger partial charge in [-0.3, -0.25) is 11.3 Å². The summed E-state index contributed by atoms with van der Waals surface area (Å²) in [5, 5.41) is 0. The molecule has 0 spiro atoms. The first-order chi connectivity index (χ1) is 7.69. The third-order valence-corrected chi connectivity index (χ3v) is 3.04. The van der Waals surface area contributed by atoms with Crippen LogP contribution in [0, 0.1) is 18.2 Å². The molecule has 0 aliphatic rings. The Balaban J connectivity index is 2.75. The van der Waals surface area contributed by atoms with Crippen LogP contribution in [0.5, 0.6) is 0 Å². The molecule has 0 saturated heterocycles. The fraction of sp³-hybridized carbons (Fsp3) is 0.333. The van der Waals surface area contributed by atoms with E-state index >= 15 is 0 Å². The van der Waals surface area contributed by atoms with E-state index in [-0.39, 0.29) is 11.9 Å². The van der Waals surface area contributed by atoms with Crippen molar-refractivity contribution in [3.8, 4) is 12.3 Å². The molecular formula is C12H14BrFN2. The number of hydrazine groups is 1. The van der Waals surface area contributed by atoms with Crippen LogP contribution in [0.3, 0.4) is 0 Å². The lowest BCUT2D eigenvalue weighted by Gasteiger charge is -2.17. The quantitative estimate of drug-likeness (QED) is 0.378. The minimum Gasteiger partial charge on any atom is -0.271 e. The number of unbranched alkanes of at least 4 members (excludes halogenated alkanes) is 1. The third kappa shape index (κ3) is 3.60. The lowest BCUT2D eigenvalue weighted by atomic mass is 10.0. The van der Waals surface area contributed by atoms with Crippen molar-refractivity contribution in [1.29, 1.82) is 0 Å². The van der Waals surface area contributed by atoms with Crippen molar-refractivity contribution in [3.05, 3.63) is 34.1 Å². The maximum Gasteiger partial charge on any atom is 0.124 e. The standard InChI is InChI=1S/C12H14BrFN2/c1-2-3-4-5-12(16-15)10-7-6-9(14)8-11(10)13/h1,6-8,12,16H,3-5,15H2. The van der Waals surface area contributed by atoms with Crippen molar-refractivity contribution >= 4 is 15.9 Å². The second kappa shape index (κ2) is 6.64. The van der Waals surface area contributed by atoms with E-state index in [1.54, 1.807) is 6.07 Å². The van der Waals surface area contributed by atoms with Gasteiger partial charge in [0.05, 0.1) is 0 Å². The van der Waals surface area contributed by atoms with Gasteiger partial charge in [-0.05, 0) is 30.5 Å². The van der Waals surface area contributed by atoms with Crippen LogP contribution >= 0.6 is 15.9 Å². The molecule has 2 nitrogen and oxygen atoms in total. The molecule has 0 aliphatic heterocycles. The molecule has 1 unspecified atom stereocenters. The summed E-state index contributed by atoms with van der Waals surface area (Å²) >= 11 is 3.32. The van der Waals surface area contributed by atoms with Crippen molar-refractivity contribution in [2.75, 3.05) is 0 Å². The van der Waals surface area contributed by atoms with Crippen molar-refractivity contribution in [1.82, 2.24) is 5.43 Å². The summed E-state index contributed by atoms with van der Waals surface area (Å²) in [7, 11) is 0. The number of rotatable bonds is 5. The van der Waals surface area contributed by atoms with Gasteiger partial charge in [0.2, 0.25) is 0 Å². The Hall–Kier alpha value is -0.890. The monoisotopic (exact) mass is 284 g/mol. The van der Waals surface area contributed by atoms with Gasteiger partial charge in [-0.2, -0.15) is 0 Å². The third-order valence-electron chi connectivity index (χ3n) is 2.35. The molecule has 0 saturated carbocycles. The zero-order chi connectivity index (χ0) is 12.0. The summed E-state index contributed by atoms with van der Waals surface area (Å²) in [6, 6.07) is 4.56. The molecule has 0 bridgehead atoms. The fourth-order valence-corrected chi connectivity index (χ4v) is 2.15. The highest BCUT2D eigenvalue weighted by Gasteiger charge is 2.12.